The first kappa shape index (κ1) is 11.8. The maximum Gasteiger partial charge on any atom is 0.378 e. The summed E-state index contributed by atoms with van der Waals surface area (Å²) in [6.45, 7) is 6.92. The van der Waals surface area contributed by atoms with E-state index < -0.39 is 9.28 Å². The molecule has 1 atom stereocenters. The van der Waals surface area contributed by atoms with Crippen molar-refractivity contribution in [3.05, 3.63) is 11.8 Å². The Morgan fingerprint density at radius 3 is 2.64 bits per heavy atom. The zero-order valence-electron chi connectivity index (χ0n) is 9.58. The summed E-state index contributed by atoms with van der Waals surface area (Å²) in [5, 5.41) is 0. The van der Waals surface area contributed by atoms with Gasteiger partial charge < -0.3 is 8.85 Å². The summed E-state index contributed by atoms with van der Waals surface area (Å²) in [6, 6.07) is 0. The van der Waals surface area contributed by atoms with Gasteiger partial charge in [0.15, 0.2) is 0 Å². The number of hydrogen-bond acceptors (Lipinski definition) is 2. The molecule has 0 aliphatic heterocycles. The fourth-order valence-electron chi connectivity index (χ4n) is 2.03. The van der Waals surface area contributed by atoms with Crippen molar-refractivity contribution in [2.45, 2.75) is 46.1 Å². The first-order chi connectivity index (χ1) is 6.72. The van der Waals surface area contributed by atoms with Gasteiger partial charge in [-0.25, -0.2) is 0 Å². The second-order valence-electron chi connectivity index (χ2n) is 3.96. The molecule has 0 spiro atoms. The third-order valence-corrected chi connectivity index (χ3v) is 4.13. The molecule has 1 rings (SSSR count). The minimum atomic E-state index is -1.39. The maximum absolute atomic E-state index is 5.73. The molecule has 1 aliphatic carbocycles. The van der Waals surface area contributed by atoms with E-state index in [1.807, 2.05) is 6.92 Å². The molecule has 0 aromatic rings. The zero-order valence-corrected chi connectivity index (χ0v) is 10.7. The molecule has 1 unspecified atom stereocenters. The van der Waals surface area contributed by atoms with Crippen LogP contribution in [0.5, 0.6) is 0 Å². The highest BCUT2D eigenvalue weighted by Gasteiger charge is 2.13. The lowest BCUT2D eigenvalue weighted by atomic mass is 10.1. The summed E-state index contributed by atoms with van der Waals surface area (Å²) >= 11 is 0. The van der Waals surface area contributed by atoms with Gasteiger partial charge in [-0.3, -0.25) is 0 Å². The molecule has 1 saturated carbocycles. The number of allylic oxidation sites excluding steroid dienone is 2. The summed E-state index contributed by atoms with van der Waals surface area (Å²) in [5.41, 5.74) is 0. The molecular formula is C11H22O2Si. The summed E-state index contributed by atoms with van der Waals surface area (Å²) in [6.07, 6.45) is 7.73. The minimum Gasteiger partial charge on any atom is -0.527 e. The van der Waals surface area contributed by atoms with Gasteiger partial charge in [0.05, 0.1) is 5.76 Å². The summed E-state index contributed by atoms with van der Waals surface area (Å²) in [5.74, 6) is 1.84. The van der Waals surface area contributed by atoms with Crippen LogP contribution >= 0.6 is 0 Å². The van der Waals surface area contributed by atoms with Crippen LogP contribution in [-0.2, 0) is 8.85 Å². The van der Waals surface area contributed by atoms with Gasteiger partial charge in [0.25, 0.3) is 0 Å². The lowest BCUT2D eigenvalue weighted by Gasteiger charge is -2.14. The zero-order chi connectivity index (χ0) is 10.4. The van der Waals surface area contributed by atoms with E-state index in [2.05, 4.69) is 19.5 Å². The lowest BCUT2D eigenvalue weighted by Crippen LogP contribution is -2.17. The predicted molar refractivity (Wildman–Crippen MR) is 61.4 cm³/mol. The standard InChI is InChI=1S/C11H22O2Si/c1-4-12-14(3)13-10(2)9-11-7-5-6-8-11/h9,11,14H,4-8H2,1-3H3. The highest BCUT2D eigenvalue weighted by atomic mass is 28.3. The van der Waals surface area contributed by atoms with E-state index in [1.54, 1.807) is 0 Å². The Hall–Kier alpha value is -0.283. The maximum atomic E-state index is 5.73. The smallest absolute Gasteiger partial charge is 0.378 e. The molecule has 3 heteroatoms. The van der Waals surface area contributed by atoms with Gasteiger partial charge in [-0.15, -0.1) is 0 Å². The minimum absolute atomic E-state index is 0.762. The molecular weight excluding hydrogens is 192 g/mol. The van der Waals surface area contributed by atoms with Crippen molar-refractivity contribution in [2.75, 3.05) is 6.61 Å². The van der Waals surface area contributed by atoms with Crippen molar-refractivity contribution in [1.29, 1.82) is 0 Å². The van der Waals surface area contributed by atoms with Crippen molar-refractivity contribution in [3.63, 3.8) is 0 Å². The molecule has 1 aliphatic rings. The van der Waals surface area contributed by atoms with Gasteiger partial charge in [0.1, 0.15) is 0 Å². The largest absolute Gasteiger partial charge is 0.527 e. The van der Waals surface area contributed by atoms with Gasteiger partial charge >= 0.3 is 9.28 Å². The quantitative estimate of drug-likeness (QED) is 0.517. The van der Waals surface area contributed by atoms with E-state index >= 15 is 0 Å². The van der Waals surface area contributed by atoms with Crippen molar-refractivity contribution in [1.82, 2.24) is 0 Å². The monoisotopic (exact) mass is 214 g/mol. The van der Waals surface area contributed by atoms with E-state index in [4.69, 9.17) is 8.85 Å². The van der Waals surface area contributed by atoms with E-state index in [-0.39, 0.29) is 0 Å². The second kappa shape index (κ2) is 6.25. The summed E-state index contributed by atoms with van der Waals surface area (Å²) < 4.78 is 11.2. The van der Waals surface area contributed by atoms with Gasteiger partial charge in [0, 0.05) is 6.61 Å². The molecule has 0 N–H and O–H groups in total. The Morgan fingerprint density at radius 1 is 1.43 bits per heavy atom. The first-order valence-corrected chi connectivity index (χ1v) is 7.78. The van der Waals surface area contributed by atoms with Crippen molar-refractivity contribution in [2.24, 2.45) is 5.92 Å². The average Bonchev–Trinajstić information content (AvgIpc) is 2.56. The SMILES string of the molecule is CCO[SiH](C)OC(C)=CC1CCCC1. The third kappa shape index (κ3) is 4.29. The van der Waals surface area contributed by atoms with Crippen molar-refractivity contribution in [3.8, 4) is 0 Å². The van der Waals surface area contributed by atoms with Crippen LogP contribution in [0.1, 0.15) is 39.5 Å². The van der Waals surface area contributed by atoms with Crippen LogP contribution in [-0.4, -0.2) is 15.9 Å². The molecule has 82 valence electrons. The van der Waals surface area contributed by atoms with Crippen LogP contribution in [0.4, 0.5) is 0 Å². The molecule has 0 aromatic carbocycles. The third-order valence-electron chi connectivity index (χ3n) is 2.62. The van der Waals surface area contributed by atoms with Gasteiger partial charge in [-0.05, 0) is 45.2 Å². The van der Waals surface area contributed by atoms with E-state index in [1.165, 1.54) is 25.7 Å². The Labute approximate surface area is 89.1 Å². The highest BCUT2D eigenvalue weighted by Crippen LogP contribution is 2.26. The molecule has 2 nitrogen and oxygen atoms in total. The van der Waals surface area contributed by atoms with Gasteiger partial charge in [-0.2, -0.15) is 0 Å². The Kier molecular flexibility index (Phi) is 5.26. The van der Waals surface area contributed by atoms with Crippen molar-refractivity contribution >= 4 is 9.28 Å². The molecule has 0 bridgehead atoms. The molecule has 14 heavy (non-hydrogen) atoms. The molecule has 0 heterocycles. The number of hydrogen-bond donors (Lipinski definition) is 0. The van der Waals surface area contributed by atoms with Gasteiger partial charge in [0.2, 0.25) is 0 Å². The van der Waals surface area contributed by atoms with Crippen molar-refractivity contribution < 1.29 is 8.85 Å². The fraction of sp³-hybridized carbons (Fsp3) is 0.818. The Balaban J connectivity index is 2.28. The van der Waals surface area contributed by atoms with Crippen LogP contribution in [0.3, 0.4) is 0 Å². The molecule has 0 radical (unpaired) electrons. The molecule has 1 fully saturated rings. The Bertz CT molecular complexity index is 186. The molecule has 0 amide bonds. The Morgan fingerprint density at radius 2 is 2.07 bits per heavy atom. The molecule has 0 aromatic heterocycles. The predicted octanol–water partition coefficient (Wildman–Crippen LogP) is 2.98. The van der Waals surface area contributed by atoms with E-state index in [0.717, 1.165) is 18.3 Å². The van der Waals surface area contributed by atoms with E-state index in [0.29, 0.717) is 0 Å². The van der Waals surface area contributed by atoms with E-state index in [9.17, 15) is 0 Å². The average molecular weight is 214 g/mol. The molecule has 0 saturated heterocycles. The van der Waals surface area contributed by atoms with Crippen LogP contribution in [0.15, 0.2) is 11.8 Å². The van der Waals surface area contributed by atoms with Crippen LogP contribution in [0.2, 0.25) is 6.55 Å². The summed E-state index contributed by atoms with van der Waals surface area (Å²) in [4.78, 5) is 0. The highest BCUT2D eigenvalue weighted by molar-refractivity contribution is 6.42. The summed E-state index contributed by atoms with van der Waals surface area (Å²) in [7, 11) is -1.39. The fourth-order valence-corrected chi connectivity index (χ4v) is 3.17. The number of rotatable bonds is 5. The van der Waals surface area contributed by atoms with Gasteiger partial charge in [-0.1, -0.05) is 12.8 Å². The van der Waals surface area contributed by atoms with Crippen LogP contribution in [0.25, 0.3) is 0 Å². The topological polar surface area (TPSA) is 18.5 Å². The lowest BCUT2D eigenvalue weighted by molar-refractivity contribution is 0.252. The van der Waals surface area contributed by atoms with Crippen LogP contribution < -0.4 is 0 Å². The van der Waals surface area contributed by atoms with Crippen LogP contribution in [0, 0.1) is 5.92 Å². The first-order valence-electron chi connectivity index (χ1n) is 5.69. The normalized spacial score (nSPS) is 21.2. The second-order valence-corrected chi connectivity index (χ2v) is 5.67.